The highest BCUT2D eigenvalue weighted by Gasteiger charge is 2.32. The number of nitrogen functional groups attached to an aromatic ring is 1. The monoisotopic (exact) mass is 1380 g/mol. The van der Waals surface area contributed by atoms with Crippen LogP contribution >= 0.6 is 23.6 Å². The number of aryl methyl sites for hydroxylation is 1. The molecule has 0 spiro atoms. The van der Waals surface area contributed by atoms with Gasteiger partial charge in [0.15, 0.2) is 17.2 Å². The highest BCUT2D eigenvalue weighted by Crippen LogP contribution is 2.51. The average molecular weight is 1390 g/mol. The Balaban J connectivity index is 1.22. The first-order valence-corrected chi connectivity index (χ1v) is 31.2. The van der Waals surface area contributed by atoms with Gasteiger partial charge in [-0.3, -0.25) is 32.9 Å². The lowest BCUT2D eigenvalue weighted by atomic mass is 10.0. The third-order valence-electron chi connectivity index (χ3n) is 11.9. The van der Waals surface area contributed by atoms with Crippen molar-refractivity contribution in [3.05, 3.63) is 111 Å². The molecule has 1 aromatic heterocycles. The summed E-state index contributed by atoms with van der Waals surface area (Å²) in [6.45, 7) is 1.23. The number of azo groups is 4. The number of nitrogens with two attached hydrogens (primary N) is 1. The number of non-ortho nitro benzene ring substituents is 1. The number of carboxylic acids is 2. The van der Waals surface area contributed by atoms with Crippen molar-refractivity contribution in [2.24, 2.45) is 40.9 Å². The second kappa shape index (κ2) is 24.3. The molecule has 0 saturated carbocycles. The van der Waals surface area contributed by atoms with Crippen LogP contribution in [0.4, 0.5) is 56.9 Å². The average Bonchev–Trinajstić information content (AvgIpc) is 0.877. The van der Waals surface area contributed by atoms with Crippen molar-refractivity contribution in [3.63, 3.8) is 0 Å². The second-order valence-electron chi connectivity index (χ2n) is 17.5. The lowest BCUT2D eigenvalue weighted by Crippen LogP contribution is -2.06. The van der Waals surface area contributed by atoms with E-state index in [-0.39, 0.29) is 23.3 Å². The Hall–Kier alpha value is -9.72. The van der Waals surface area contributed by atoms with Gasteiger partial charge in [0.25, 0.3) is 56.3 Å². The van der Waals surface area contributed by atoms with Crippen molar-refractivity contribution in [1.82, 2.24) is 9.78 Å². The van der Waals surface area contributed by atoms with Crippen LogP contribution in [0.2, 0.25) is 5.02 Å². The molecule has 0 atom stereocenters. The van der Waals surface area contributed by atoms with Crippen molar-refractivity contribution in [2.75, 3.05) is 5.73 Å². The molecule has 0 amide bonds. The maximum atomic E-state index is 13.2. The van der Waals surface area contributed by atoms with Gasteiger partial charge in [-0.25, -0.2) is 14.8 Å². The molecule has 39 nitrogen and oxygen atoms in total. The molecule has 13 N–H and O–H groups in total. The number of benzene rings is 7. The van der Waals surface area contributed by atoms with E-state index in [0.29, 0.717) is 35.0 Å². The first-order chi connectivity index (χ1) is 41.7. The molecule has 0 saturated heterocycles. The molecule has 470 valence electrons. The molecule has 0 fully saturated rings. The third kappa shape index (κ3) is 13.3. The largest absolute Gasteiger partial charge is 0.505 e. The fourth-order valence-corrected chi connectivity index (χ4v) is 12.4. The summed E-state index contributed by atoms with van der Waals surface area (Å²) in [6.07, 6.45) is 0. The zero-order chi connectivity index (χ0) is 66.7. The fraction of sp³-hybridized carbons (Fsp3) is 0.0227. The lowest BCUT2D eigenvalue weighted by Gasteiger charge is -2.15. The molecule has 1 heterocycles. The Morgan fingerprint density at radius 2 is 1.22 bits per heavy atom. The minimum atomic E-state index is -5.75. The summed E-state index contributed by atoms with van der Waals surface area (Å²) >= 11 is 6.18. The number of aromatic nitrogens is 2. The lowest BCUT2D eigenvalue weighted by molar-refractivity contribution is -0.432. The van der Waals surface area contributed by atoms with Gasteiger partial charge < -0.3 is 31.3 Å². The summed E-state index contributed by atoms with van der Waals surface area (Å²) in [5.74, 6) is -7.26. The number of fused-ring (bicyclic) bond motifs is 2. The van der Waals surface area contributed by atoms with Crippen LogP contribution in [0, 0.1) is 17.0 Å². The first kappa shape index (κ1) is 66.2. The fourth-order valence-electron chi connectivity index (χ4n) is 8.13. The van der Waals surface area contributed by atoms with E-state index in [2.05, 4.69) is 55.4 Å². The topological polar surface area (TPSA) is 632 Å². The predicted molar refractivity (Wildman–Crippen MR) is 301 cm³/mol. The van der Waals surface area contributed by atoms with Crippen LogP contribution in [0.3, 0.4) is 0 Å². The molecule has 0 radical (unpaired) electrons. The minimum absolute atomic E-state index is 0.0218. The Labute approximate surface area is 508 Å². The maximum Gasteiger partial charge on any atom is 0.358 e. The van der Waals surface area contributed by atoms with Gasteiger partial charge in [-0.1, -0.05) is 16.6 Å². The van der Waals surface area contributed by atoms with Gasteiger partial charge in [0.2, 0.25) is 11.6 Å². The number of nitro benzene ring substituents is 1. The van der Waals surface area contributed by atoms with Crippen molar-refractivity contribution in [3.8, 4) is 23.1 Å². The van der Waals surface area contributed by atoms with Crippen molar-refractivity contribution in [2.45, 2.75) is 36.3 Å². The summed E-state index contributed by atoms with van der Waals surface area (Å²) < 4.78 is 182. The first-order valence-electron chi connectivity index (χ1n) is 22.9. The quantitative estimate of drug-likeness (QED) is 0.00642. The van der Waals surface area contributed by atoms with Gasteiger partial charge in [-0.15, -0.1) is 40.1 Å². The van der Waals surface area contributed by atoms with Gasteiger partial charge in [-0.2, -0.15) is 57.0 Å². The predicted octanol–water partition coefficient (Wildman–Crippen LogP) is 9.47. The van der Waals surface area contributed by atoms with Crippen LogP contribution in [-0.2, 0) is 60.0 Å². The molecule has 0 aliphatic carbocycles. The Kier molecular flexibility index (Phi) is 17.9. The highest BCUT2D eigenvalue weighted by molar-refractivity contribution is 7.94. The second-order valence-corrected chi connectivity index (χ2v) is 25.6. The number of phenols is 2. The Bertz CT molecular complexity index is 5200. The summed E-state index contributed by atoms with van der Waals surface area (Å²) in [7, 11) is -27.2. The zero-order valence-electron chi connectivity index (χ0n) is 43.3. The smallest absolute Gasteiger partial charge is 0.358 e. The zero-order valence-corrected chi connectivity index (χ0v) is 48.9. The summed E-state index contributed by atoms with van der Waals surface area (Å²) in [6, 6.07) is 8.90. The molecule has 8 aromatic rings. The van der Waals surface area contributed by atoms with Gasteiger partial charge in [0, 0.05) is 28.3 Å². The molecule has 0 bridgehead atoms. The molecule has 0 aliphatic rings. The van der Waals surface area contributed by atoms with E-state index in [4.69, 9.17) is 22.6 Å². The van der Waals surface area contributed by atoms with E-state index in [0.717, 1.165) is 48.5 Å². The van der Waals surface area contributed by atoms with Crippen LogP contribution in [0.25, 0.3) is 27.2 Å². The summed E-state index contributed by atoms with van der Waals surface area (Å²) in [5, 5.41) is 107. The number of rotatable bonds is 20. The number of aromatic carboxylic acids is 2. The van der Waals surface area contributed by atoms with Crippen molar-refractivity contribution in [1.29, 1.82) is 0 Å². The van der Waals surface area contributed by atoms with Gasteiger partial charge in [0.05, 0.1) is 59.8 Å². The van der Waals surface area contributed by atoms with Crippen molar-refractivity contribution < 1.29 is 120 Å². The maximum absolute atomic E-state index is 13.2. The number of nitro groups is 1. The van der Waals surface area contributed by atoms with Crippen LogP contribution in [-0.4, -0.2) is 122 Å². The molecule has 0 unspecified atom stereocenters. The summed E-state index contributed by atoms with van der Waals surface area (Å²) in [4.78, 5) is 28.1. The number of halogens is 1. The minimum Gasteiger partial charge on any atom is -0.505 e. The number of carboxylic acid groups (broad SMARTS) is 2. The number of aromatic hydroxyl groups is 3. The molecule has 7 aromatic carbocycles. The molecule has 90 heavy (non-hydrogen) atoms. The van der Waals surface area contributed by atoms with Crippen molar-refractivity contribution >= 4 is 165 Å². The van der Waals surface area contributed by atoms with E-state index in [1.54, 1.807) is 0 Å². The number of hydrogen-bond acceptors (Lipinski definition) is 31. The number of anilines is 1. The van der Waals surface area contributed by atoms with Crippen LogP contribution in [0.5, 0.6) is 17.4 Å². The van der Waals surface area contributed by atoms with Gasteiger partial charge >= 0.3 is 11.9 Å². The Morgan fingerprint density at radius 1 is 0.622 bits per heavy atom. The Morgan fingerprint density at radius 3 is 1.80 bits per heavy atom. The molecular formula is C44H29ClN12O27S6. The van der Waals surface area contributed by atoms with E-state index in [1.165, 1.54) is 6.92 Å². The van der Waals surface area contributed by atoms with E-state index in [1.807, 2.05) is 0 Å². The van der Waals surface area contributed by atoms with E-state index < -0.39 is 209 Å². The number of nitrogens with zero attached hydrogens (tertiary/aromatic N) is 11. The highest BCUT2D eigenvalue weighted by atomic mass is 35.5. The third-order valence-corrected chi connectivity index (χ3v) is 17.2. The van der Waals surface area contributed by atoms with Crippen LogP contribution in [0.1, 0.15) is 26.4 Å². The normalized spacial score (nSPS) is 12.8. The molecular weight excluding hydrogens is 1360 g/mol. The summed E-state index contributed by atoms with van der Waals surface area (Å²) in [5.41, 5.74) is -4.54. The molecule has 46 heteroatoms. The van der Waals surface area contributed by atoms with Crippen LogP contribution < -0.4 is 5.73 Å². The number of phenolic OH excluding ortho intramolecular Hbond substituents is 2. The number of hydrogen-bond donors (Lipinski definition) is 12. The SMILES string of the molecule is Cc1cc(S(=O)(=O)O)cc(Cl)c1-n1nc(C(=O)O)c(N=Nc2ccc(N=Nc3c(S(=O)(=O)O)cc4c(S(=O)(=O)O)c(N=Nc5cc(S(=O)(=O)O)c6cc(SOOO)c(N=Nc7cc([N+](=O)[O-])ccc7C(=O)O)c(O)c6c5N)ccc4c3O)cc2S(=O)(=O)O)c1O. The van der Waals surface area contributed by atoms with Gasteiger partial charge in [-0.05, 0) is 79.2 Å². The van der Waals surface area contributed by atoms with E-state index in [9.17, 15) is 110 Å². The van der Waals surface area contributed by atoms with E-state index >= 15 is 0 Å². The molecule has 0 aliphatic heterocycles. The van der Waals surface area contributed by atoms with Gasteiger partial charge in [0.1, 0.15) is 53.7 Å². The standard InChI is InChI=1S/C44H29ClN12O27S6/c1-15-8-18(86(68,69)70)11-23(45)38(15)56-42(60)36(37(55-56)44(63)64)54-48-24-6-2-16(9-30(24)88(74,75)76)47-53-35-31(89(77,78)79)13-21-19(39(35)58)5-7-25(41(21)90(80,81)82)49-51-27-14-29(87(71,72)73)22-12-28(85-84-83-67)34(40(59)32(22)33(27)46)52-50-26-10-17(57(65)66)3-4-20(26)43(61)62/h2-14,58-60,67H,46H2,1H3,(H,61,62)(H,63,64)(H,68,69,70)(H,71,72,73)(H,74,75,76)(H,77,78,79)(H,80,81,82). The number of carbonyl (C=O) groups is 2. The molecule has 8 rings (SSSR count). The van der Waals surface area contributed by atoms with Crippen LogP contribution in [0.15, 0.2) is 149 Å².